The Labute approximate surface area is 173 Å². The zero-order valence-electron chi connectivity index (χ0n) is 18.2. The monoisotopic (exact) mass is 394 g/mol. The molecule has 0 bridgehead atoms. The van der Waals surface area contributed by atoms with Gasteiger partial charge in [-0.3, -0.25) is 9.69 Å². The van der Waals surface area contributed by atoms with E-state index in [0.717, 1.165) is 16.9 Å². The summed E-state index contributed by atoms with van der Waals surface area (Å²) in [6, 6.07) is 14.1. The maximum Gasteiger partial charge on any atom is 0.171 e. The van der Waals surface area contributed by atoms with Gasteiger partial charge in [-0.05, 0) is 24.7 Å². The summed E-state index contributed by atoms with van der Waals surface area (Å²) in [6.45, 7) is 5.25. The van der Waals surface area contributed by atoms with Crippen LogP contribution >= 0.6 is 0 Å². The van der Waals surface area contributed by atoms with Gasteiger partial charge in [-0.15, -0.1) is 0 Å². The van der Waals surface area contributed by atoms with Gasteiger partial charge in [0.25, 0.3) is 0 Å². The maximum atomic E-state index is 12.9. The number of allylic oxidation sites excluding steroid dienone is 1. The molecule has 3 rings (SSSR count). The normalized spacial score (nSPS) is 16.2. The number of benzene rings is 2. The van der Waals surface area contributed by atoms with Gasteiger partial charge in [-0.1, -0.05) is 44.2 Å². The summed E-state index contributed by atoms with van der Waals surface area (Å²) in [6.07, 6.45) is 1.79. The highest BCUT2D eigenvalue weighted by molar-refractivity contribution is 5.94. The molecular weight excluding hydrogens is 364 g/mol. The van der Waals surface area contributed by atoms with Gasteiger partial charge in [0.15, 0.2) is 17.3 Å². The minimum absolute atomic E-state index is 0.0806. The zero-order chi connectivity index (χ0) is 21.2. The van der Waals surface area contributed by atoms with Crippen molar-refractivity contribution in [2.45, 2.75) is 25.8 Å². The fourth-order valence-corrected chi connectivity index (χ4v) is 4.15. The fraction of sp³-hybridized carbons (Fsp3) is 0.375. The van der Waals surface area contributed by atoms with Crippen LogP contribution in [0.15, 0.2) is 54.2 Å². The Morgan fingerprint density at radius 1 is 1.10 bits per heavy atom. The van der Waals surface area contributed by atoms with Crippen molar-refractivity contribution in [2.24, 2.45) is 0 Å². The summed E-state index contributed by atoms with van der Waals surface area (Å²) in [7, 11) is 7.22. The molecule has 1 aliphatic rings. The average Bonchev–Trinajstić information content (AvgIpc) is 2.88. The number of para-hydroxylation sites is 2. The molecule has 0 fully saturated rings. The molecule has 0 aliphatic carbocycles. The lowest BCUT2D eigenvalue weighted by atomic mass is 9.83. The minimum atomic E-state index is -0.199. The molecule has 1 aliphatic heterocycles. The molecule has 29 heavy (non-hydrogen) atoms. The van der Waals surface area contributed by atoms with Crippen molar-refractivity contribution >= 4 is 11.5 Å². The molecule has 0 amide bonds. The molecule has 0 radical (unpaired) electrons. The van der Waals surface area contributed by atoms with Crippen LogP contribution < -0.4 is 14.4 Å². The molecule has 0 saturated heterocycles. The Hall–Kier alpha value is -2.79. The lowest BCUT2D eigenvalue weighted by molar-refractivity contribution is -0.115. The van der Waals surface area contributed by atoms with Gasteiger partial charge in [-0.2, -0.15) is 0 Å². The van der Waals surface area contributed by atoms with Crippen LogP contribution in [0.1, 0.15) is 25.0 Å². The van der Waals surface area contributed by atoms with Crippen LogP contribution in [0.4, 0.5) is 5.69 Å². The zero-order valence-corrected chi connectivity index (χ0v) is 18.2. The van der Waals surface area contributed by atoms with Gasteiger partial charge in [0.1, 0.15) is 0 Å². The lowest BCUT2D eigenvalue weighted by Crippen LogP contribution is -2.28. The predicted octanol–water partition coefficient (Wildman–Crippen LogP) is 4.02. The van der Waals surface area contributed by atoms with Crippen LogP contribution in [-0.4, -0.2) is 45.5 Å². The Bertz CT molecular complexity index is 933. The van der Waals surface area contributed by atoms with E-state index in [9.17, 15) is 4.79 Å². The van der Waals surface area contributed by atoms with Gasteiger partial charge in [0.05, 0.1) is 20.8 Å². The summed E-state index contributed by atoms with van der Waals surface area (Å²) >= 11 is 0. The number of hydrogen-bond acceptors (Lipinski definition) is 5. The van der Waals surface area contributed by atoms with Crippen LogP contribution in [0.5, 0.6) is 11.5 Å². The molecular formula is C24H30N2O3. The van der Waals surface area contributed by atoms with Crippen molar-refractivity contribution in [3.05, 3.63) is 65.4 Å². The van der Waals surface area contributed by atoms with Gasteiger partial charge in [0, 0.05) is 42.0 Å². The average molecular weight is 395 g/mol. The molecule has 0 saturated carbocycles. The van der Waals surface area contributed by atoms with E-state index in [2.05, 4.69) is 36.9 Å². The lowest BCUT2D eigenvalue weighted by Gasteiger charge is -2.24. The Balaban J connectivity index is 1.75. The largest absolute Gasteiger partial charge is 0.493 e. The smallest absolute Gasteiger partial charge is 0.171 e. The number of nitrogens with zero attached hydrogens (tertiary/aromatic N) is 2. The highest BCUT2D eigenvalue weighted by Gasteiger charge is 2.38. The second-order valence-electron chi connectivity index (χ2n) is 8.02. The number of rotatable bonds is 7. The maximum absolute atomic E-state index is 12.9. The Morgan fingerprint density at radius 2 is 1.83 bits per heavy atom. The summed E-state index contributed by atoms with van der Waals surface area (Å²) in [4.78, 5) is 17.0. The summed E-state index contributed by atoms with van der Waals surface area (Å²) in [5.41, 5.74) is 4.22. The van der Waals surface area contributed by atoms with E-state index in [1.807, 2.05) is 43.3 Å². The van der Waals surface area contributed by atoms with E-state index in [-0.39, 0.29) is 11.2 Å². The predicted molar refractivity (Wildman–Crippen MR) is 117 cm³/mol. The van der Waals surface area contributed by atoms with E-state index in [4.69, 9.17) is 9.47 Å². The number of hydrogen-bond donors (Lipinski definition) is 0. The molecule has 0 atom stereocenters. The Morgan fingerprint density at radius 3 is 2.48 bits per heavy atom. The standard InChI is InChI=1S/C24H30N2O3/c1-24(2)19-11-7-8-12-20(19)26(4)22(24)14-18(27)16-25(3)15-17-10-9-13-21(28-5)23(17)29-6/h7-14H,15-16H2,1-6H3. The van der Waals surface area contributed by atoms with Crippen LogP contribution in [-0.2, 0) is 16.8 Å². The first-order valence-electron chi connectivity index (χ1n) is 9.76. The molecule has 0 spiro atoms. The molecule has 2 aromatic rings. The van der Waals surface area contributed by atoms with Crippen molar-refractivity contribution in [1.82, 2.24) is 4.90 Å². The third kappa shape index (κ3) is 4.01. The van der Waals surface area contributed by atoms with Crippen molar-refractivity contribution < 1.29 is 14.3 Å². The quantitative estimate of drug-likeness (QED) is 0.664. The molecule has 1 heterocycles. The summed E-state index contributed by atoms with van der Waals surface area (Å²) in [5.74, 6) is 1.48. The fourth-order valence-electron chi connectivity index (χ4n) is 4.15. The summed E-state index contributed by atoms with van der Waals surface area (Å²) in [5, 5.41) is 0. The van der Waals surface area contributed by atoms with Gasteiger partial charge in [-0.25, -0.2) is 0 Å². The van der Waals surface area contributed by atoms with Crippen molar-refractivity contribution in [2.75, 3.05) is 39.8 Å². The molecule has 0 aromatic heterocycles. The van der Waals surface area contributed by atoms with Crippen molar-refractivity contribution in [3.8, 4) is 11.5 Å². The molecule has 0 N–H and O–H groups in total. The first kappa shape index (κ1) is 20.9. The van der Waals surface area contributed by atoms with Gasteiger partial charge >= 0.3 is 0 Å². The first-order valence-corrected chi connectivity index (χ1v) is 9.76. The molecule has 154 valence electrons. The second kappa shape index (κ2) is 8.29. The molecule has 5 heteroatoms. The van der Waals surface area contributed by atoms with E-state index in [1.54, 1.807) is 20.3 Å². The minimum Gasteiger partial charge on any atom is -0.493 e. The third-order valence-electron chi connectivity index (χ3n) is 5.59. The van der Waals surface area contributed by atoms with E-state index >= 15 is 0 Å². The molecule has 0 unspecified atom stereocenters. The number of methoxy groups -OCH3 is 2. The topological polar surface area (TPSA) is 42.0 Å². The van der Waals surface area contributed by atoms with Crippen LogP contribution in [0.2, 0.25) is 0 Å². The number of ketones is 1. The summed E-state index contributed by atoms with van der Waals surface area (Å²) < 4.78 is 10.9. The molecule has 2 aromatic carbocycles. The van der Waals surface area contributed by atoms with Gasteiger partial charge < -0.3 is 14.4 Å². The number of ether oxygens (including phenoxy) is 2. The highest BCUT2D eigenvalue weighted by atomic mass is 16.5. The van der Waals surface area contributed by atoms with E-state index in [1.165, 1.54) is 5.56 Å². The number of carbonyl (C=O) groups excluding carboxylic acids is 1. The SMILES string of the molecule is COc1cccc(CN(C)CC(=O)C=C2N(C)c3ccccc3C2(C)C)c1OC. The van der Waals surface area contributed by atoms with Gasteiger partial charge in [0.2, 0.25) is 0 Å². The highest BCUT2D eigenvalue weighted by Crippen LogP contribution is 2.46. The number of likely N-dealkylation sites (N-methyl/N-ethyl adjacent to an activating group) is 2. The van der Waals surface area contributed by atoms with Crippen LogP contribution in [0.25, 0.3) is 0 Å². The van der Waals surface area contributed by atoms with E-state index in [0.29, 0.717) is 24.6 Å². The second-order valence-corrected chi connectivity index (χ2v) is 8.02. The van der Waals surface area contributed by atoms with Crippen LogP contribution in [0.3, 0.4) is 0 Å². The van der Waals surface area contributed by atoms with E-state index < -0.39 is 0 Å². The van der Waals surface area contributed by atoms with Crippen LogP contribution in [0, 0.1) is 0 Å². The first-order chi connectivity index (χ1) is 13.8. The third-order valence-corrected chi connectivity index (χ3v) is 5.59. The van der Waals surface area contributed by atoms with Crippen molar-refractivity contribution in [1.29, 1.82) is 0 Å². The number of carbonyl (C=O) groups is 1. The van der Waals surface area contributed by atoms with Crippen molar-refractivity contribution in [3.63, 3.8) is 0 Å². The molecule has 5 nitrogen and oxygen atoms in total. The Kier molecular flexibility index (Phi) is 5.99. The number of anilines is 1. The number of fused-ring (bicyclic) bond motifs is 1.